The fraction of sp³-hybridized carbons (Fsp3) is 0.556. The van der Waals surface area contributed by atoms with Crippen molar-refractivity contribution < 1.29 is 28.2 Å². The molecule has 1 amide bonds. The lowest BCUT2D eigenvalue weighted by molar-refractivity contribution is -0.161. The molecule has 1 fully saturated rings. The number of nitrogens with one attached hydrogen (secondary N) is 2. The van der Waals surface area contributed by atoms with Crippen LogP contribution >= 0.6 is 11.8 Å². The maximum absolute atomic E-state index is 14.1. The van der Waals surface area contributed by atoms with Crippen LogP contribution in [-0.2, 0) is 14.3 Å². The Kier molecular flexibility index (Phi) is 6.82. The van der Waals surface area contributed by atoms with Crippen LogP contribution in [0.3, 0.4) is 0 Å². The molecule has 6 nitrogen and oxygen atoms in total. The predicted octanol–water partition coefficient (Wildman–Crippen LogP) is 1.88. The predicted molar refractivity (Wildman–Crippen MR) is 98.0 cm³/mol. The number of esters is 1. The number of aliphatic hydroxyl groups excluding tert-OH is 1. The molecule has 1 aliphatic rings. The molecule has 0 aromatic heterocycles. The van der Waals surface area contributed by atoms with E-state index in [0.29, 0.717) is 18.4 Å². The van der Waals surface area contributed by atoms with Crippen LogP contribution in [0.1, 0.15) is 38.8 Å². The SMILES string of the molecule is CC(C)(C)OC(=O)[C@@]1(C(=O)N[C@@H](CCO)c2ccc(F)cc2F)NCCS1. The summed E-state index contributed by atoms with van der Waals surface area (Å²) in [5.41, 5.74) is -0.760. The quantitative estimate of drug-likeness (QED) is 0.498. The first-order valence-electron chi connectivity index (χ1n) is 8.58. The number of carbonyl (C=O) groups is 2. The molecule has 1 aromatic carbocycles. The lowest BCUT2D eigenvalue weighted by atomic mass is 10.0. The smallest absolute Gasteiger partial charge is 0.347 e. The highest BCUT2D eigenvalue weighted by Gasteiger charge is 2.52. The largest absolute Gasteiger partial charge is 0.458 e. The highest BCUT2D eigenvalue weighted by molar-refractivity contribution is 8.02. The van der Waals surface area contributed by atoms with E-state index >= 15 is 0 Å². The molecule has 0 unspecified atom stereocenters. The van der Waals surface area contributed by atoms with Crippen molar-refractivity contribution in [3.63, 3.8) is 0 Å². The molecule has 0 saturated carbocycles. The van der Waals surface area contributed by atoms with Crippen LogP contribution in [0.5, 0.6) is 0 Å². The summed E-state index contributed by atoms with van der Waals surface area (Å²) in [4.78, 5) is 24.0. The molecule has 2 atom stereocenters. The first-order valence-corrected chi connectivity index (χ1v) is 9.57. The number of amides is 1. The third-order valence-corrected chi connectivity index (χ3v) is 5.20. The van der Waals surface area contributed by atoms with Crippen LogP contribution in [0, 0.1) is 11.6 Å². The molecule has 2 rings (SSSR count). The van der Waals surface area contributed by atoms with Crippen molar-refractivity contribution in [2.75, 3.05) is 18.9 Å². The molecule has 9 heteroatoms. The van der Waals surface area contributed by atoms with Gasteiger partial charge < -0.3 is 15.2 Å². The standard InChI is InChI=1S/C18H24F2N2O4S/c1-17(2,3)26-16(25)18(21-7-9-27-18)15(24)22-14(6-8-23)12-5-4-11(19)10-13(12)20/h4-5,10,14,21,23H,6-9H2,1-3H3,(H,22,24)/t14-,18-/m0/s1. The van der Waals surface area contributed by atoms with Gasteiger partial charge in [-0.05, 0) is 33.3 Å². The van der Waals surface area contributed by atoms with Crippen LogP contribution in [0.25, 0.3) is 0 Å². The van der Waals surface area contributed by atoms with Crippen molar-refractivity contribution >= 4 is 23.6 Å². The van der Waals surface area contributed by atoms with Crippen molar-refractivity contribution in [3.05, 3.63) is 35.4 Å². The minimum atomic E-state index is -1.66. The molecule has 3 N–H and O–H groups in total. The second-order valence-corrected chi connectivity index (χ2v) is 8.47. The number of hydrogen-bond donors (Lipinski definition) is 3. The molecule has 1 aromatic rings. The summed E-state index contributed by atoms with van der Waals surface area (Å²) in [6, 6.07) is 2.06. The Morgan fingerprint density at radius 1 is 1.41 bits per heavy atom. The van der Waals surface area contributed by atoms with Gasteiger partial charge in [0, 0.05) is 30.5 Å². The van der Waals surface area contributed by atoms with Gasteiger partial charge in [0.15, 0.2) is 0 Å². The lowest BCUT2D eigenvalue weighted by Gasteiger charge is -2.31. The summed E-state index contributed by atoms with van der Waals surface area (Å²) in [7, 11) is 0. The van der Waals surface area contributed by atoms with Gasteiger partial charge in [0.1, 0.15) is 17.2 Å². The van der Waals surface area contributed by atoms with E-state index in [1.54, 1.807) is 20.8 Å². The van der Waals surface area contributed by atoms with E-state index in [0.717, 1.165) is 17.8 Å². The Balaban J connectivity index is 2.27. The van der Waals surface area contributed by atoms with Crippen molar-refractivity contribution in [2.24, 2.45) is 0 Å². The van der Waals surface area contributed by atoms with Gasteiger partial charge in [-0.1, -0.05) is 6.07 Å². The fourth-order valence-corrected chi connectivity index (χ4v) is 3.74. The number of aliphatic hydroxyl groups is 1. The fourth-order valence-electron chi connectivity index (χ4n) is 2.68. The molecule has 27 heavy (non-hydrogen) atoms. The van der Waals surface area contributed by atoms with Crippen molar-refractivity contribution in [3.8, 4) is 0 Å². The highest BCUT2D eigenvalue weighted by Crippen LogP contribution is 2.32. The van der Waals surface area contributed by atoms with E-state index in [1.807, 2.05) is 0 Å². The summed E-state index contributed by atoms with van der Waals surface area (Å²) in [6.45, 7) is 5.17. The molecule has 0 spiro atoms. The van der Waals surface area contributed by atoms with Gasteiger partial charge in [-0.3, -0.25) is 10.1 Å². The Bertz CT molecular complexity index is 703. The summed E-state index contributed by atoms with van der Waals surface area (Å²) in [5.74, 6) is -2.50. The van der Waals surface area contributed by atoms with E-state index in [-0.39, 0.29) is 18.6 Å². The normalized spacial score (nSPS) is 21.0. The van der Waals surface area contributed by atoms with E-state index in [4.69, 9.17) is 4.74 Å². The maximum Gasteiger partial charge on any atom is 0.347 e. The zero-order valence-electron chi connectivity index (χ0n) is 15.5. The molecule has 1 heterocycles. The molecule has 150 valence electrons. The monoisotopic (exact) mass is 402 g/mol. The topological polar surface area (TPSA) is 87.7 Å². The summed E-state index contributed by atoms with van der Waals surface area (Å²) in [5, 5.41) is 14.8. The second kappa shape index (κ2) is 8.53. The number of rotatable bonds is 6. The van der Waals surface area contributed by atoms with E-state index in [9.17, 15) is 23.5 Å². The lowest BCUT2D eigenvalue weighted by Crippen LogP contribution is -2.59. The van der Waals surface area contributed by atoms with Crippen molar-refractivity contribution in [1.82, 2.24) is 10.6 Å². The third-order valence-electron chi connectivity index (χ3n) is 3.86. The number of carbonyl (C=O) groups excluding carboxylic acids is 2. The molecular formula is C18H24F2N2O4S. The number of thioether (sulfide) groups is 1. The van der Waals surface area contributed by atoms with Gasteiger partial charge in [0.25, 0.3) is 5.91 Å². The van der Waals surface area contributed by atoms with E-state index < -0.39 is 40.0 Å². The Labute approximate surface area is 161 Å². The van der Waals surface area contributed by atoms with Gasteiger partial charge in [-0.25, -0.2) is 13.6 Å². The van der Waals surface area contributed by atoms with Crippen molar-refractivity contribution in [2.45, 2.75) is 43.7 Å². The van der Waals surface area contributed by atoms with E-state index in [1.165, 1.54) is 6.07 Å². The number of benzene rings is 1. The number of hydrogen-bond acceptors (Lipinski definition) is 6. The van der Waals surface area contributed by atoms with E-state index in [2.05, 4.69) is 10.6 Å². The molecular weight excluding hydrogens is 378 g/mol. The zero-order valence-corrected chi connectivity index (χ0v) is 16.3. The van der Waals surface area contributed by atoms with Gasteiger partial charge >= 0.3 is 5.97 Å². The molecule has 1 aliphatic heterocycles. The van der Waals surface area contributed by atoms with Crippen LogP contribution < -0.4 is 10.6 Å². The minimum absolute atomic E-state index is 0.00333. The number of halogens is 2. The van der Waals surface area contributed by atoms with Gasteiger partial charge in [-0.2, -0.15) is 0 Å². The minimum Gasteiger partial charge on any atom is -0.458 e. The first-order chi connectivity index (χ1) is 12.6. The molecule has 0 bridgehead atoms. The third kappa shape index (κ3) is 5.18. The summed E-state index contributed by atoms with van der Waals surface area (Å²) in [6.07, 6.45) is 0.00333. The van der Waals surface area contributed by atoms with Crippen LogP contribution in [0.2, 0.25) is 0 Å². The van der Waals surface area contributed by atoms with Crippen LogP contribution in [-0.4, -0.2) is 46.4 Å². The summed E-state index contributed by atoms with van der Waals surface area (Å²) >= 11 is 1.09. The Hall–Kier alpha value is -1.71. The average Bonchev–Trinajstić information content (AvgIpc) is 3.04. The summed E-state index contributed by atoms with van der Waals surface area (Å²) < 4.78 is 32.7. The number of ether oxygens (including phenoxy) is 1. The Morgan fingerprint density at radius 2 is 2.11 bits per heavy atom. The molecule has 0 aliphatic carbocycles. The van der Waals surface area contributed by atoms with Crippen molar-refractivity contribution in [1.29, 1.82) is 0 Å². The molecule has 1 saturated heterocycles. The Morgan fingerprint density at radius 3 is 2.63 bits per heavy atom. The van der Waals surface area contributed by atoms with Gasteiger partial charge in [-0.15, -0.1) is 11.8 Å². The molecule has 0 radical (unpaired) electrons. The van der Waals surface area contributed by atoms with Gasteiger partial charge in [0.05, 0.1) is 6.04 Å². The maximum atomic E-state index is 14.1. The van der Waals surface area contributed by atoms with Gasteiger partial charge in [0.2, 0.25) is 4.87 Å². The second-order valence-electron chi connectivity index (χ2n) is 7.16. The highest BCUT2D eigenvalue weighted by atomic mass is 32.2. The average molecular weight is 402 g/mol. The van der Waals surface area contributed by atoms with Crippen LogP contribution in [0.4, 0.5) is 8.78 Å². The van der Waals surface area contributed by atoms with Crippen LogP contribution in [0.15, 0.2) is 18.2 Å². The zero-order chi connectivity index (χ0) is 20.2. The first kappa shape index (κ1) is 21.6.